The van der Waals surface area contributed by atoms with Crippen LogP contribution in [0.2, 0.25) is 0 Å². The summed E-state index contributed by atoms with van der Waals surface area (Å²) in [7, 11) is 0. The molecule has 9 heteroatoms. The van der Waals surface area contributed by atoms with Gasteiger partial charge < -0.3 is 30.6 Å². The Labute approximate surface area is 185 Å². The van der Waals surface area contributed by atoms with E-state index in [1.165, 1.54) is 33.6 Å². The third-order valence-corrected chi connectivity index (χ3v) is 3.66. The second-order valence-electron chi connectivity index (χ2n) is 7.04. The molecular weight excluding hydrogens is 408 g/mol. The number of hydrogen-bond donors (Lipinski definition) is 6. The first-order chi connectivity index (χ1) is 14.2. The summed E-state index contributed by atoms with van der Waals surface area (Å²) in [6.07, 6.45) is 5.13. The lowest BCUT2D eigenvalue weighted by atomic mass is 9.85. The quantitative estimate of drug-likeness (QED) is 0.205. The maximum absolute atomic E-state index is 9.60. The van der Waals surface area contributed by atoms with Gasteiger partial charge in [-0.2, -0.15) is 0 Å². The van der Waals surface area contributed by atoms with Gasteiger partial charge in [0, 0.05) is 22.1 Å². The van der Waals surface area contributed by atoms with Crippen LogP contribution in [0, 0.1) is 5.41 Å². The Kier molecular flexibility index (Phi) is 25.7. The normalized spacial score (nSPS) is 9.39. The van der Waals surface area contributed by atoms with Gasteiger partial charge in [-0.25, -0.2) is 14.4 Å². The molecule has 0 spiro atoms. The van der Waals surface area contributed by atoms with Gasteiger partial charge in [0.1, 0.15) is 0 Å². The van der Waals surface area contributed by atoms with Crippen molar-refractivity contribution in [1.29, 1.82) is 0 Å². The monoisotopic (exact) mass is 448 g/mol. The predicted molar refractivity (Wildman–Crippen MR) is 120 cm³/mol. The van der Waals surface area contributed by atoms with Crippen molar-refractivity contribution in [3.8, 4) is 0 Å². The molecule has 182 valence electrons. The number of aliphatic carboxylic acids is 3. The van der Waals surface area contributed by atoms with E-state index in [4.69, 9.17) is 30.6 Å². The lowest BCUT2D eigenvalue weighted by Crippen LogP contribution is -2.33. The molecule has 0 saturated heterocycles. The molecule has 0 aromatic heterocycles. The minimum Gasteiger partial charge on any atom is -0.478 e. The van der Waals surface area contributed by atoms with Crippen LogP contribution < -0.4 is 0 Å². The highest BCUT2D eigenvalue weighted by molar-refractivity contribution is 5.85. The Morgan fingerprint density at radius 1 is 0.645 bits per heavy atom. The number of carbonyl (C=O) groups is 3. The topological polar surface area (TPSA) is 173 Å². The highest BCUT2D eigenvalue weighted by Gasteiger charge is 2.26. The number of aliphatic hydroxyl groups excluding tert-OH is 3. The van der Waals surface area contributed by atoms with Crippen molar-refractivity contribution in [1.82, 2.24) is 0 Å². The molecule has 0 fully saturated rings. The molecule has 0 bridgehead atoms. The molecule has 0 atom stereocenters. The van der Waals surface area contributed by atoms with Crippen LogP contribution in [0.25, 0.3) is 0 Å². The van der Waals surface area contributed by atoms with Gasteiger partial charge in [0.05, 0.1) is 19.8 Å². The average Bonchev–Trinajstić information content (AvgIpc) is 2.70. The molecule has 0 aromatic rings. The Balaban J connectivity index is -0.000000171. The first-order valence-corrected chi connectivity index (χ1v) is 9.66. The van der Waals surface area contributed by atoms with Crippen molar-refractivity contribution in [2.24, 2.45) is 5.41 Å². The van der Waals surface area contributed by atoms with E-state index < -0.39 is 23.3 Å². The Bertz CT molecular complexity index is 460. The molecule has 0 aliphatic heterocycles. The van der Waals surface area contributed by atoms with Gasteiger partial charge in [0.15, 0.2) is 0 Å². The standard InChI is InChI=1S/C10H22O3.3C4H6O2/c1-2-3-4-5-6-10(7-11,8-12)9-13;3*1-3(2)4(5)6/h11-13H,2-9H2,1H3;3*1H2,2H3,(H,5,6). The number of carboxylic acids is 3. The number of carboxylic acid groups (broad SMARTS) is 3. The molecular formula is C22H40O9. The van der Waals surface area contributed by atoms with Gasteiger partial charge in [0.2, 0.25) is 0 Å². The summed E-state index contributed by atoms with van der Waals surface area (Å²) in [6, 6.07) is 0. The second-order valence-corrected chi connectivity index (χ2v) is 7.04. The summed E-state index contributed by atoms with van der Waals surface area (Å²) in [5.41, 5.74) is -0.131. The Morgan fingerprint density at radius 2 is 0.903 bits per heavy atom. The van der Waals surface area contributed by atoms with Crippen molar-refractivity contribution in [2.45, 2.75) is 59.8 Å². The summed E-state index contributed by atoms with van der Waals surface area (Å²) in [4.78, 5) is 28.8. The number of aliphatic hydroxyl groups is 3. The van der Waals surface area contributed by atoms with E-state index in [0.29, 0.717) is 6.42 Å². The van der Waals surface area contributed by atoms with Crippen LogP contribution in [0.3, 0.4) is 0 Å². The maximum Gasteiger partial charge on any atom is 0.330 e. The molecule has 6 N–H and O–H groups in total. The lowest BCUT2D eigenvalue weighted by Gasteiger charge is -2.27. The zero-order valence-electron chi connectivity index (χ0n) is 19.2. The first-order valence-electron chi connectivity index (χ1n) is 9.66. The summed E-state index contributed by atoms with van der Waals surface area (Å²) in [6.45, 7) is 15.5. The molecule has 0 aromatic carbocycles. The van der Waals surface area contributed by atoms with E-state index in [9.17, 15) is 14.4 Å². The lowest BCUT2D eigenvalue weighted by molar-refractivity contribution is -0.133. The SMILES string of the molecule is C=C(C)C(=O)O.C=C(C)C(=O)O.C=C(C)C(=O)O.CCCCCCC(CO)(CO)CO. The van der Waals surface area contributed by atoms with Crippen LogP contribution in [0.4, 0.5) is 0 Å². The zero-order chi connectivity index (χ0) is 25.6. The van der Waals surface area contributed by atoms with Crippen LogP contribution in [-0.4, -0.2) is 68.4 Å². The van der Waals surface area contributed by atoms with E-state index in [-0.39, 0.29) is 36.5 Å². The third-order valence-electron chi connectivity index (χ3n) is 3.66. The summed E-state index contributed by atoms with van der Waals surface area (Å²) >= 11 is 0. The number of hydrogen-bond acceptors (Lipinski definition) is 6. The predicted octanol–water partition coefficient (Wildman–Crippen LogP) is 2.86. The number of rotatable bonds is 11. The summed E-state index contributed by atoms with van der Waals surface area (Å²) in [5.74, 6) is -2.81. The highest BCUT2D eigenvalue weighted by atomic mass is 16.4. The maximum atomic E-state index is 9.60. The Morgan fingerprint density at radius 3 is 1.06 bits per heavy atom. The fourth-order valence-corrected chi connectivity index (χ4v) is 1.31. The van der Waals surface area contributed by atoms with Crippen molar-refractivity contribution >= 4 is 17.9 Å². The highest BCUT2D eigenvalue weighted by Crippen LogP contribution is 2.23. The fraction of sp³-hybridized carbons (Fsp3) is 0.591. The smallest absolute Gasteiger partial charge is 0.330 e. The van der Waals surface area contributed by atoms with Crippen molar-refractivity contribution in [2.75, 3.05) is 19.8 Å². The third kappa shape index (κ3) is 27.5. The van der Waals surface area contributed by atoms with Crippen LogP contribution in [0.15, 0.2) is 36.5 Å². The van der Waals surface area contributed by atoms with Gasteiger partial charge in [0.25, 0.3) is 0 Å². The molecule has 9 nitrogen and oxygen atoms in total. The van der Waals surface area contributed by atoms with Gasteiger partial charge >= 0.3 is 17.9 Å². The zero-order valence-corrected chi connectivity index (χ0v) is 19.2. The van der Waals surface area contributed by atoms with Crippen molar-refractivity contribution in [3.05, 3.63) is 36.5 Å². The van der Waals surface area contributed by atoms with Gasteiger partial charge in [-0.3, -0.25) is 0 Å². The van der Waals surface area contributed by atoms with Gasteiger partial charge in [-0.1, -0.05) is 52.3 Å². The molecule has 31 heavy (non-hydrogen) atoms. The molecule has 0 radical (unpaired) electrons. The minimum absolute atomic E-state index is 0.133. The van der Waals surface area contributed by atoms with Crippen molar-refractivity contribution in [3.63, 3.8) is 0 Å². The van der Waals surface area contributed by atoms with E-state index in [1.807, 2.05) is 0 Å². The molecule has 0 aliphatic rings. The van der Waals surface area contributed by atoms with Crippen LogP contribution >= 0.6 is 0 Å². The van der Waals surface area contributed by atoms with E-state index >= 15 is 0 Å². The molecule has 0 amide bonds. The largest absolute Gasteiger partial charge is 0.478 e. The minimum atomic E-state index is -0.935. The summed E-state index contributed by atoms with van der Waals surface area (Å²) in [5, 5.41) is 50.7. The molecule has 0 aliphatic carbocycles. The molecule has 0 saturated carbocycles. The first kappa shape index (κ1) is 35.9. The van der Waals surface area contributed by atoms with Crippen LogP contribution in [-0.2, 0) is 14.4 Å². The van der Waals surface area contributed by atoms with Gasteiger partial charge in [-0.15, -0.1) is 0 Å². The van der Waals surface area contributed by atoms with Crippen LogP contribution in [0.5, 0.6) is 0 Å². The Hall–Kier alpha value is -2.49. The second kappa shape index (κ2) is 22.2. The van der Waals surface area contributed by atoms with E-state index in [2.05, 4.69) is 26.7 Å². The fourth-order valence-electron chi connectivity index (χ4n) is 1.31. The van der Waals surface area contributed by atoms with Crippen LogP contribution in [0.1, 0.15) is 59.8 Å². The molecule has 0 rings (SSSR count). The molecule has 0 unspecified atom stereocenters. The number of unbranched alkanes of at least 4 members (excludes halogenated alkanes) is 3. The molecule has 0 heterocycles. The average molecular weight is 449 g/mol. The van der Waals surface area contributed by atoms with E-state index in [0.717, 1.165) is 12.8 Å². The summed E-state index contributed by atoms with van der Waals surface area (Å²) < 4.78 is 0. The van der Waals surface area contributed by atoms with Gasteiger partial charge in [-0.05, 0) is 27.2 Å². The van der Waals surface area contributed by atoms with Crippen molar-refractivity contribution < 1.29 is 45.0 Å². The van der Waals surface area contributed by atoms with E-state index in [1.54, 1.807) is 0 Å².